The molecule has 0 heterocycles. The smallest absolute Gasteiger partial charge is 0.0701 e. The average Bonchev–Trinajstić information content (AvgIpc) is 2.78. The second kappa shape index (κ2) is 29.6. The highest BCUT2D eigenvalue weighted by atomic mass is 16.6. The predicted molar refractivity (Wildman–Crippen MR) is 114 cm³/mol. The number of rotatable bonds is 28. The van der Waals surface area contributed by atoms with E-state index in [0.717, 1.165) is 13.1 Å². The summed E-state index contributed by atoms with van der Waals surface area (Å²) >= 11 is 0. The highest BCUT2D eigenvalue weighted by molar-refractivity contribution is 4.45. The maximum atomic E-state index is 8.54. The summed E-state index contributed by atoms with van der Waals surface area (Å²) in [6.45, 7) is 9.74. The minimum Gasteiger partial charge on any atom is -0.394 e. The predicted octanol–water partition coefficient (Wildman–Crippen LogP) is -1.31. The third-order valence-corrected chi connectivity index (χ3v) is 3.55. The second-order valence-electron chi connectivity index (χ2n) is 6.10. The SMILES string of the molecule is OCCOCCOCCOCCOCCNCCOCCOCCOCCOCCO. The second-order valence-corrected chi connectivity index (χ2v) is 6.10. The Labute approximate surface area is 186 Å². The molecule has 0 aromatic heterocycles. The molecule has 11 nitrogen and oxygen atoms in total. The fourth-order valence-corrected chi connectivity index (χ4v) is 2.07. The number of aliphatic hydroxyl groups excluding tert-OH is 2. The van der Waals surface area contributed by atoms with Crippen molar-refractivity contribution < 1.29 is 48.1 Å². The minimum absolute atomic E-state index is 0.0323. The molecule has 31 heavy (non-hydrogen) atoms. The van der Waals surface area contributed by atoms with Crippen LogP contribution in [0.5, 0.6) is 0 Å². The fraction of sp³-hybridized carbons (Fsp3) is 1.00. The average molecular weight is 458 g/mol. The highest BCUT2D eigenvalue weighted by Gasteiger charge is 1.95. The first kappa shape index (κ1) is 30.6. The molecule has 0 saturated carbocycles. The third kappa shape index (κ3) is 29.6. The van der Waals surface area contributed by atoms with E-state index in [1.807, 2.05) is 0 Å². The molecule has 0 radical (unpaired) electrons. The molecule has 0 aliphatic rings. The van der Waals surface area contributed by atoms with E-state index in [2.05, 4.69) is 5.32 Å². The topological polar surface area (TPSA) is 126 Å². The quantitative estimate of drug-likeness (QED) is 0.121. The molecule has 0 saturated heterocycles. The van der Waals surface area contributed by atoms with Gasteiger partial charge < -0.3 is 53.4 Å². The summed E-state index contributed by atoms with van der Waals surface area (Å²) in [4.78, 5) is 0. The standard InChI is InChI=1S/C20H43NO10/c22-3-7-26-11-15-30-19-17-28-13-9-24-5-1-21-2-6-25-10-14-29-18-20-31-16-12-27-8-4-23/h21-23H,1-20H2. The van der Waals surface area contributed by atoms with Crippen LogP contribution in [-0.4, -0.2) is 142 Å². The lowest BCUT2D eigenvalue weighted by Gasteiger charge is -2.09. The molecule has 11 heteroatoms. The molecule has 0 rings (SSSR count). The lowest BCUT2D eigenvalue weighted by Crippen LogP contribution is -2.25. The van der Waals surface area contributed by atoms with Gasteiger partial charge in [-0.25, -0.2) is 0 Å². The normalized spacial score (nSPS) is 11.4. The van der Waals surface area contributed by atoms with Gasteiger partial charge >= 0.3 is 0 Å². The van der Waals surface area contributed by atoms with Crippen molar-refractivity contribution >= 4 is 0 Å². The maximum Gasteiger partial charge on any atom is 0.0701 e. The summed E-state index contributed by atoms with van der Waals surface area (Å²) in [6, 6.07) is 0. The lowest BCUT2D eigenvalue weighted by molar-refractivity contribution is -0.00654. The van der Waals surface area contributed by atoms with Gasteiger partial charge in [-0.3, -0.25) is 0 Å². The van der Waals surface area contributed by atoms with Gasteiger partial charge in [0.25, 0.3) is 0 Å². The van der Waals surface area contributed by atoms with Crippen LogP contribution in [0.3, 0.4) is 0 Å². The molecule has 0 amide bonds. The van der Waals surface area contributed by atoms with Crippen molar-refractivity contribution in [3.05, 3.63) is 0 Å². The zero-order chi connectivity index (χ0) is 22.5. The van der Waals surface area contributed by atoms with Gasteiger partial charge in [0, 0.05) is 13.1 Å². The molecular formula is C20H43NO10. The molecule has 0 aliphatic heterocycles. The highest BCUT2D eigenvalue weighted by Crippen LogP contribution is 1.84. The van der Waals surface area contributed by atoms with Crippen LogP contribution in [0.25, 0.3) is 0 Å². The third-order valence-electron chi connectivity index (χ3n) is 3.55. The van der Waals surface area contributed by atoms with Crippen LogP contribution in [0.2, 0.25) is 0 Å². The number of ether oxygens (including phenoxy) is 8. The van der Waals surface area contributed by atoms with E-state index in [0.29, 0.717) is 106 Å². The molecule has 0 aromatic rings. The molecule has 0 aliphatic carbocycles. The molecule has 0 atom stereocenters. The van der Waals surface area contributed by atoms with Crippen molar-refractivity contribution in [1.82, 2.24) is 5.32 Å². The summed E-state index contributed by atoms with van der Waals surface area (Å²) in [7, 11) is 0. The van der Waals surface area contributed by atoms with E-state index < -0.39 is 0 Å². The first-order chi connectivity index (χ1) is 15.4. The largest absolute Gasteiger partial charge is 0.394 e. The number of nitrogens with one attached hydrogen (secondary N) is 1. The Morgan fingerprint density at radius 2 is 0.548 bits per heavy atom. The van der Waals surface area contributed by atoms with Crippen molar-refractivity contribution in [2.24, 2.45) is 0 Å². The monoisotopic (exact) mass is 457 g/mol. The van der Waals surface area contributed by atoms with Crippen molar-refractivity contribution in [3.63, 3.8) is 0 Å². The van der Waals surface area contributed by atoms with Crippen molar-refractivity contribution in [2.45, 2.75) is 0 Å². The molecule has 0 bridgehead atoms. The summed E-state index contributed by atoms with van der Waals surface area (Å²) in [5.74, 6) is 0. The van der Waals surface area contributed by atoms with Crippen LogP contribution in [-0.2, 0) is 37.9 Å². The lowest BCUT2D eigenvalue weighted by atomic mass is 10.6. The van der Waals surface area contributed by atoms with Gasteiger partial charge in [0.2, 0.25) is 0 Å². The van der Waals surface area contributed by atoms with Crippen molar-refractivity contribution in [2.75, 3.05) is 132 Å². The Bertz CT molecular complexity index is 288. The summed E-state index contributed by atoms with van der Waals surface area (Å²) < 4.78 is 42.4. The van der Waals surface area contributed by atoms with Crippen molar-refractivity contribution in [3.8, 4) is 0 Å². The first-order valence-corrected chi connectivity index (χ1v) is 11.0. The van der Waals surface area contributed by atoms with Gasteiger partial charge in [0.1, 0.15) is 0 Å². The molecular weight excluding hydrogens is 414 g/mol. The Balaban J connectivity index is 2.98. The van der Waals surface area contributed by atoms with E-state index in [4.69, 9.17) is 48.1 Å². The Morgan fingerprint density at radius 3 is 0.806 bits per heavy atom. The van der Waals surface area contributed by atoms with Crippen LogP contribution in [0.4, 0.5) is 0 Å². The van der Waals surface area contributed by atoms with Crippen molar-refractivity contribution in [1.29, 1.82) is 0 Å². The van der Waals surface area contributed by atoms with Gasteiger partial charge in [0.05, 0.1) is 119 Å². The van der Waals surface area contributed by atoms with Crippen LogP contribution in [0.15, 0.2) is 0 Å². The van der Waals surface area contributed by atoms with Gasteiger partial charge in [0.15, 0.2) is 0 Å². The van der Waals surface area contributed by atoms with E-state index in [1.165, 1.54) is 0 Å². The van der Waals surface area contributed by atoms with E-state index in [-0.39, 0.29) is 13.2 Å². The number of hydrogen-bond acceptors (Lipinski definition) is 11. The van der Waals surface area contributed by atoms with E-state index in [1.54, 1.807) is 0 Å². The molecule has 0 unspecified atom stereocenters. The van der Waals surface area contributed by atoms with Crippen LogP contribution in [0.1, 0.15) is 0 Å². The molecule has 188 valence electrons. The number of aliphatic hydroxyl groups is 2. The van der Waals surface area contributed by atoms with Gasteiger partial charge in [-0.1, -0.05) is 0 Å². The summed E-state index contributed by atoms with van der Waals surface area (Å²) in [5, 5.41) is 20.3. The van der Waals surface area contributed by atoms with Crippen LogP contribution < -0.4 is 5.32 Å². The van der Waals surface area contributed by atoms with E-state index >= 15 is 0 Å². The fourth-order valence-electron chi connectivity index (χ4n) is 2.07. The number of hydrogen-bond donors (Lipinski definition) is 3. The van der Waals surface area contributed by atoms with E-state index in [9.17, 15) is 0 Å². The molecule has 0 spiro atoms. The van der Waals surface area contributed by atoms with Crippen LogP contribution in [0, 0.1) is 0 Å². The molecule has 0 aromatic carbocycles. The Hall–Kier alpha value is -0.440. The first-order valence-electron chi connectivity index (χ1n) is 11.0. The van der Waals surface area contributed by atoms with Gasteiger partial charge in [-0.05, 0) is 0 Å². The Morgan fingerprint density at radius 1 is 0.323 bits per heavy atom. The summed E-state index contributed by atoms with van der Waals surface area (Å²) in [6.07, 6.45) is 0. The maximum absolute atomic E-state index is 8.54. The Kier molecular flexibility index (Phi) is 29.1. The molecule has 3 N–H and O–H groups in total. The minimum atomic E-state index is 0.0323. The van der Waals surface area contributed by atoms with Gasteiger partial charge in [-0.15, -0.1) is 0 Å². The molecule has 0 fully saturated rings. The summed E-state index contributed by atoms with van der Waals surface area (Å²) in [5.41, 5.74) is 0. The van der Waals surface area contributed by atoms with Crippen LogP contribution >= 0.6 is 0 Å². The zero-order valence-corrected chi connectivity index (χ0v) is 18.8. The zero-order valence-electron chi connectivity index (χ0n) is 18.8. The van der Waals surface area contributed by atoms with Gasteiger partial charge in [-0.2, -0.15) is 0 Å².